The minimum Gasteiger partial charge on any atom is -0.497 e. The molecule has 0 saturated carbocycles. The first-order valence-corrected chi connectivity index (χ1v) is 15.3. The fraction of sp³-hybridized carbons (Fsp3) is 0.355. The fourth-order valence-corrected chi connectivity index (χ4v) is 6.47. The third-order valence-corrected chi connectivity index (χ3v) is 9.07. The molecule has 9 nitrogen and oxygen atoms in total. The van der Waals surface area contributed by atoms with Crippen molar-refractivity contribution >= 4 is 27.6 Å². The van der Waals surface area contributed by atoms with E-state index in [1.165, 1.54) is 4.31 Å². The Bertz CT molecular complexity index is 1380. The van der Waals surface area contributed by atoms with Gasteiger partial charge in [0.1, 0.15) is 5.75 Å². The van der Waals surface area contributed by atoms with Crippen molar-refractivity contribution in [3.05, 3.63) is 90.5 Å². The van der Waals surface area contributed by atoms with Gasteiger partial charge in [-0.1, -0.05) is 55.5 Å². The van der Waals surface area contributed by atoms with Gasteiger partial charge in [0.15, 0.2) is 0 Å². The number of nitrogens with one attached hydrogen (secondary N) is 1. The second kappa shape index (κ2) is 14.1. The number of benzene rings is 3. The molecule has 1 aliphatic rings. The first-order valence-electron chi connectivity index (χ1n) is 13.9. The van der Waals surface area contributed by atoms with Crippen molar-refractivity contribution in [3.63, 3.8) is 0 Å². The van der Waals surface area contributed by atoms with Crippen LogP contribution in [0, 0.1) is 0 Å². The molecular formula is C31H38N4O5S. The lowest BCUT2D eigenvalue weighted by atomic mass is 10.0. The molecule has 0 bridgehead atoms. The molecule has 0 aliphatic carbocycles. The van der Waals surface area contributed by atoms with Crippen LogP contribution in [0.4, 0.5) is 10.5 Å². The molecule has 1 saturated heterocycles. The number of urea groups is 1. The van der Waals surface area contributed by atoms with Crippen LogP contribution in [0.25, 0.3) is 0 Å². The Balaban J connectivity index is 1.50. The van der Waals surface area contributed by atoms with Crippen molar-refractivity contribution in [2.24, 2.45) is 0 Å². The van der Waals surface area contributed by atoms with Crippen molar-refractivity contribution in [2.75, 3.05) is 38.6 Å². The summed E-state index contributed by atoms with van der Waals surface area (Å²) in [7, 11) is -2.25. The lowest BCUT2D eigenvalue weighted by molar-refractivity contribution is -0.135. The zero-order valence-corrected chi connectivity index (χ0v) is 24.4. The summed E-state index contributed by atoms with van der Waals surface area (Å²) in [5, 5.41) is 2.92. The Labute approximate surface area is 242 Å². The summed E-state index contributed by atoms with van der Waals surface area (Å²) < 4.78 is 33.4. The van der Waals surface area contributed by atoms with E-state index in [2.05, 4.69) is 5.32 Å². The first-order chi connectivity index (χ1) is 19.8. The SMILES string of the molecule is CCCN(CC(=O)N(Cc1ccc(OC)cc1)C1CCN(C(=O)Nc2ccccc2)CC1)S(=O)(=O)c1ccccc1. The van der Waals surface area contributed by atoms with Gasteiger partial charge in [-0.25, -0.2) is 13.2 Å². The van der Waals surface area contributed by atoms with Crippen LogP contribution in [-0.2, 0) is 21.4 Å². The number of ether oxygens (including phenoxy) is 1. The van der Waals surface area contributed by atoms with Crippen LogP contribution in [0.3, 0.4) is 0 Å². The van der Waals surface area contributed by atoms with Gasteiger partial charge in [0.05, 0.1) is 18.6 Å². The molecule has 3 amide bonds. The molecule has 218 valence electrons. The van der Waals surface area contributed by atoms with Gasteiger partial charge in [0.2, 0.25) is 15.9 Å². The number of anilines is 1. The summed E-state index contributed by atoms with van der Waals surface area (Å²) >= 11 is 0. The molecule has 0 aromatic heterocycles. The van der Waals surface area contributed by atoms with E-state index in [0.29, 0.717) is 44.6 Å². The summed E-state index contributed by atoms with van der Waals surface area (Å²) in [4.78, 5) is 30.4. The number of likely N-dealkylation sites (tertiary alicyclic amines) is 1. The molecule has 1 fully saturated rings. The standard InChI is InChI=1S/C31H38N4O5S/c1-3-20-34(41(38,39)29-12-8-5-9-13-29)24-30(36)35(23-25-14-16-28(40-2)17-15-25)27-18-21-33(22-19-27)31(37)32-26-10-6-4-7-11-26/h4-17,27H,3,18-24H2,1-2H3,(H,32,37). The number of sulfonamides is 1. The van der Waals surface area contributed by atoms with E-state index in [1.54, 1.807) is 47.2 Å². The van der Waals surface area contributed by atoms with Crippen LogP contribution in [0.5, 0.6) is 5.75 Å². The Morgan fingerprint density at radius 3 is 2.12 bits per heavy atom. The molecule has 1 N–H and O–H groups in total. The number of rotatable bonds is 11. The van der Waals surface area contributed by atoms with Crippen LogP contribution < -0.4 is 10.1 Å². The number of carbonyl (C=O) groups is 2. The topological polar surface area (TPSA) is 99.3 Å². The normalized spacial score (nSPS) is 14.1. The molecule has 0 unspecified atom stereocenters. The maximum absolute atomic E-state index is 13.9. The second-order valence-corrected chi connectivity index (χ2v) is 12.0. The molecule has 3 aromatic carbocycles. The summed E-state index contributed by atoms with van der Waals surface area (Å²) in [6, 6.07) is 24.7. The van der Waals surface area contributed by atoms with Crippen molar-refractivity contribution < 1.29 is 22.7 Å². The lowest BCUT2D eigenvalue weighted by Gasteiger charge is -2.39. The minimum atomic E-state index is -3.85. The highest BCUT2D eigenvalue weighted by molar-refractivity contribution is 7.89. The predicted octanol–water partition coefficient (Wildman–Crippen LogP) is 4.82. The van der Waals surface area contributed by atoms with E-state index in [9.17, 15) is 18.0 Å². The number of amides is 3. The Morgan fingerprint density at radius 1 is 0.927 bits per heavy atom. The average Bonchev–Trinajstić information content (AvgIpc) is 3.01. The molecule has 1 heterocycles. The zero-order valence-electron chi connectivity index (χ0n) is 23.6. The van der Waals surface area contributed by atoms with Crippen LogP contribution in [-0.4, -0.2) is 73.8 Å². The Hall–Kier alpha value is -3.89. The van der Waals surface area contributed by atoms with Crippen molar-refractivity contribution in [1.29, 1.82) is 0 Å². The number of methoxy groups -OCH3 is 1. The van der Waals surface area contributed by atoms with Gasteiger partial charge >= 0.3 is 6.03 Å². The van der Waals surface area contributed by atoms with E-state index in [-0.39, 0.29) is 36.0 Å². The molecular weight excluding hydrogens is 540 g/mol. The van der Waals surface area contributed by atoms with Crippen LogP contribution >= 0.6 is 0 Å². The largest absolute Gasteiger partial charge is 0.497 e. The number of hydrogen-bond acceptors (Lipinski definition) is 5. The summed E-state index contributed by atoms with van der Waals surface area (Å²) in [6.07, 6.45) is 1.75. The average molecular weight is 579 g/mol. The predicted molar refractivity (Wildman–Crippen MR) is 159 cm³/mol. The van der Waals surface area contributed by atoms with Gasteiger partial charge < -0.3 is 19.9 Å². The second-order valence-electron chi connectivity index (χ2n) is 10.0. The van der Waals surface area contributed by atoms with Crippen LogP contribution in [0.1, 0.15) is 31.7 Å². The smallest absolute Gasteiger partial charge is 0.321 e. The van der Waals surface area contributed by atoms with E-state index in [4.69, 9.17) is 4.74 Å². The Morgan fingerprint density at radius 2 is 1.54 bits per heavy atom. The van der Waals surface area contributed by atoms with Gasteiger partial charge in [-0.2, -0.15) is 4.31 Å². The number of para-hydroxylation sites is 1. The van der Waals surface area contributed by atoms with E-state index < -0.39 is 10.0 Å². The highest BCUT2D eigenvalue weighted by Gasteiger charge is 2.33. The van der Waals surface area contributed by atoms with E-state index in [0.717, 1.165) is 11.3 Å². The molecule has 0 atom stereocenters. The first kappa shape index (κ1) is 30.1. The van der Waals surface area contributed by atoms with Gasteiger partial charge in [0, 0.05) is 37.9 Å². The quantitative estimate of drug-likeness (QED) is 0.352. The molecule has 0 spiro atoms. The maximum atomic E-state index is 13.9. The zero-order chi connectivity index (χ0) is 29.2. The molecule has 1 aliphatic heterocycles. The Kier molecular flexibility index (Phi) is 10.4. The number of nitrogens with zero attached hydrogens (tertiary/aromatic N) is 3. The van der Waals surface area contributed by atoms with E-state index in [1.807, 2.05) is 61.5 Å². The van der Waals surface area contributed by atoms with Crippen LogP contribution in [0.15, 0.2) is 89.8 Å². The minimum absolute atomic E-state index is 0.145. The summed E-state index contributed by atoms with van der Waals surface area (Å²) in [5.41, 5.74) is 1.64. The van der Waals surface area contributed by atoms with Crippen molar-refractivity contribution in [3.8, 4) is 5.75 Å². The van der Waals surface area contributed by atoms with E-state index >= 15 is 0 Å². The molecule has 4 rings (SSSR count). The van der Waals surface area contributed by atoms with Gasteiger partial charge in [-0.05, 0) is 61.2 Å². The van der Waals surface area contributed by atoms with Gasteiger partial charge in [-0.15, -0.1) is 0 Å². The lowest BCUT2D eigenvalue weighted by Crippen LogP contribution is -2.51. The monoisotopic (exact) mass is 578 g/mol. The van der Waals surface area contributed by atoms with Crippen molar-refractivity contribution in [1.82, 2.24) is 14.1 Å². The highest BCUT2D eigenvalue weighted by atomic mass is 32.2. The third-order valence-electron chi connectivity index (χ3n) is 7.22. The number of hydrogen-bond donors (Lipinski definition) is 1. The highest BCUT2D eigenvalue weighted by Crippen LogP contribution is 2.23. The maximum Gasteiger partial charge on any atom is 0.321 e. The van der Waals surface area contributed by atoms with Crippen molar-refractivity contribution in [2.45, 2.75) is 43.7 Å². The van der Waals surface area contributed by atoms with Gasteiger partial charge in [0.25, 0.3) is 0 Å². The third kappa shape index (κ3) is 7.86. The molecule has 41 heavy (non-hydrogen) atoms. The summed E-state index contributed by atoms with van der Waals surface area (Å²) in [6.45, 7) is 3.17. The number of piperidine rings is 1. The summed E-state index contributed by atoms with van der Waals surface area (Å²) in [5.74, 6) is 0.452. The molecule has 3 aromatic rings. The van der Waals surface area contributed by atoms with Gasteiger partial charge in [-0.3, -0.25) is 4.79 Å². The van der Waals surface area contributed by atoms with Crippen LogP contribution in [0.2, 0.25) is 0 Å². The molecule has 10 heteroatoms. The fourth-order valence-electron chi connectivity index (χ4n) is 4.97. The molecule has 0 radical (unpaired) electrons. The number of carbonyl (C=O) groups excluding carboxylic acids is 2.